The highest BCUT2D eigenvalue weighted by Crippen LogP contribution is 2.51. The van der Waals surface area contributed by atoms with E-state index >= 15 is 4.39 Å². The number of carbonyl (C=O) groups is 4. The molecule has 3 N–H and O–H groups in total. The van der Waals surface area contributed by atoms with Crippen molar-refractivity contribution in [3.8, 4) is 5.75 Å². The molecule has 10 nitrogen and oxygen atoms in total. The lowest BCUT2D eigenvalue weighted by molar-refractivity contribution is -0.145. The van der Waals surface area contributed by atoms with E-state index in [0.717, 1.165) is 12.1 Å². The summed E-state index contributed by atoms with van der Waals surface area (Å²) in [6, 6.07) is 3.53. The van der Waals surface area contributed by atoms with Crippen LogP contribution in [0.1, 0.15) is 23.1 Å². The third kappa shape index (κ3) is 5.38. The van der Waals surface area contributed by atoms with Gasteiger partial charge in [0.1, 0.15) is 11.8 Å². The summed E-state index contributed by atoms with van der Waals surface area (Å²) in [5.74, 6) is -4.87. The van der Waals surface area contributed by atoms with E-state index in [9.17, 15) is 32.3 Å². The number of hydrogen-bond donors (Lipinski definition) is 3. The van der Waals surface area contributed by atoms with Gasteiger partial charge in [0, 0.05) is 16.1 Å². The SMILES string of the molecule is COc1ccc(Cl)cc1[C@]1(F)C(=O)N(COC(=O)N[C@@H](CC(=O)O)C(=O)O)c2cc(C(F)(F)F)ccc21. The van der Waals surface area contributed by atoms with Crippen LogP contribution in [-0.2, 0) is 31.0 Å². The fraction of sp³-hybridized carbons (Fsp3) is 0.273. The number of nitrogens with zero attached hydrogens (tertiary/aromatic N) is 1. The smallest absolute Gasteiger partial charge is 0.416 e. The van der Waals surface area contributed by atoms with E-state index in [0.29, 0.717) is 17.0 Å². The maximum atomic E-state index is 16.6. The zero-order valence-corrected chi connectivity index (χ0v) is 19.4. The predicted octanol–water partition coefficient (Wildman–Crippen LogP) is 3.54. The Bertz CT molecular complexity index is 1270. The van der Waals surface area contributed by atoms with Crippen molar-refractivity contribution in [2.24, 2.45) is 0 Å². The van der Waals surface area contributed by atoms with Crippen molar-refractivity contribution in [3.63, 3.8) is 0 Å². The molecule has 1 aliphatic rings. The number of carboxylic acids is 2. The second-order valence-corrected chi connectivity index (χ2v) is 8.10. The van der Waals surface area contributed by atoms with Gasteiger partial charge >= 0.3 is 24.2 Å². The number of carboxylic acid groups (broad SMARTS) is 2. The number of rotatable bonds is 8. The Morgan fingerprint density at radius 3 is 2.38 bits per heavy atom. The fourth-order valence-corrected chi connectivity index (χ4v) is 3.82. The van der Waals surface area contributed by atoms with Crippen LogP contribution in [0.4, 0.5) is 28.0 Å². The Kier molecular flexibility index (Phi) is 7.53. The zero-order valence-electron chi connectivity index (χ0n) is 18.6. The third-order valence-corrected chi connectivity index (χ3v) is 5.59. The number of carbonyl (C=O) groups excluding carboxylic acids is 2. The van der Waals surface area contributed by atoms with Crippen LogP contribution in [0.25, 0.3) is 0 Å². The highest BCUT2D eigenvalue weighted by Gasteiger charge is 2.55. The molecule has 0 bridgehead atoms. The van der Waals surface area contributed by atoms with Crippen LogP contribution in [0.3, 0.4) is 0 Å². The van der Waals surface area contributed by atoms with Crippen molar-refractivity contribution in [2.45, 2.75) is 24.3 Å². The summed E-state index contributed by atoms with van der Waals surface area (Å²) in [7, 11) is 1.17. The summed E-state index contributed by atoms with van der Waals surface area (Å²) in [5, 5.41) is 19.5. The predicted molar refractivity (Wildman–Crippen MR) is 117 cm³/mol. The van der Waals surface area contributed by atoms with Crippen molar-refractivity contribution in [2.75, 3.05) is 18.7 Å². The molecule has 0 fully saturated rings. The third-order valence-electron chi connectivity index (χ3n) is 5.35. The second kappa shape index (κ2) is 10.1. The molecule has 2 aromatic rings. The molecule has 2 aromatic carbocycles. The fourth-order valence-electron chi connectivity index (χ4n) is 3.65. The highest BCUT2D eigenvalue weighted by atomic mass is 35.5. The molecule has 0 unspecified atom stereocenters. The Balaban J connectivity index is 2.01. The van der Waals surface area contributed by atoms with E-state index in [1.807, 2.05) is 0 Å². The number of aliphatic carboxylic acids is 2. The molecule has 0 saturated carbocycles. The molecule has 0 radical (unpaired) electrons. The summed E-state index contributed by atoms with van der Waals surface area (Å²) in [4.78, 5) is 47.7. The quantitative estimate of drug-likeness (QED) is 0.425. The normalized spacial score (nSPS) is 17.7. The first-order chi connectivity index (χ1) is 17.2. The van der Waals surface area contributed by atoms with Crippen molar-refractivity contribution in [3.05, 3.63) is 58.1 Å². The van der Waals surface area contributed by atoms with Crippen molar-refractivity contribution in [1.82, 2.24) is 5.32 Å². The van der Waals surface area contributed by atoms with Gasteiger partial charge in [0.05, 0.1) is 24.8 Å². The first kappa shape index (κ1) is 27.5. The Labute approximate surface area is 210 Å². The Morgan fingerprint density at radius 1 is 1.14 bits per heavy atom. The van der Waals surface area contributed by atoms with E-state index in [1.54, 1.807) is 5.32 Å². The summed E-state index contributed by atoms with van der Waals surface area (Å²) >= 11 is 5.96. The minimum atomic E-state index is -4.87. The Morgan fingerprint density at radius 2 is 1.81 bits per heavy atom. The number of amides is 2. The summed E-state index contributed by atoms with van der Waals surface area (Å²) < 4.78 is 66.6. The van der Waals surface area contributed by atoms with Crippen molar-refractivity contribution >= 4 is 41.2 Å². The number of alkyl halides is 4. The molecule has 0 aliphatic carbocycles. The number of nitrogens with one attached hydrogen (secondary N) is 1. The van der Waals surface area contributed by atoms with E-state index in [1.165, 1.54) is 19.2 Å². The van der Waals surface area contributed by atoms with Crippen LogP contribution in [0, 0.1) is 0 Å². The van der Waals surface area contributed by atoms with Gasteiger partial charge in [0.15, 0.2) is 6.73 Å². The first-order valence-electron chi connectivity index (χ1n) is 10.1. The number of hydrogen-bond acceptors (Lipinski definition) is 6. The summed E-state index contributed by atoms with van der Waals surface area (Å²) in [5.41, 5.74) is -5.87. The van der Waals surface area contributed by atoms with Gasteiger partial charge in [0.2, 0.25) is 5.67 Å². The summed E-state index contributed by atoms with van der Waals surface area (Å²) in [6.45, 7) is -1.15. The maximum absolute atomic E-state index is 16.6. The highest BCUT2D eigenvalue weighted by molar-refractivity contribution is 6.30. The number of alkyl carbamates (subject to hydrolysis) is 1. The molecule has 3 rings (SSSR count). The summed E-state index contributed by atoms with van der Waals surface area (Å²) in [6.07, 6.45) is -7.41. The molecule has 0 spiro atoms. The average Bonchev–Trinajstić information content (AvgIpc) is 3.03. The van der Waals surface area contributed by atoms with Crippen LogP contribution < -0.4 is 15.0 Å². The van der Waals surface area contributed by atoms with Gasteiger partial charge in [-0.15, -0.1) is 0 Å². The number of methoxy groups -OCH3 is 1. The van der Waals surface area contributed by atoms with Gasteiger partial charge in [-0.25, -0.2) is 14.0 Å². The van der Waals surface area contributed by atoms with Gasteiger partial charge in [-0.2, -0.15) is 13.2 Å². The lowest BCUT2D eigenvalue weighted by Gasteiger charge is -2.23. The van der Waals surface area contributed by atoms with E-state index in [4.69, 9.17) is 31.3 Å². The molecule has 15 heteroatoms. The molecular weight excluding hydrogens is 532 g/mol. The minimum absolute atomic E-state index is 0.0127. The van der Waals surface area contributed by atoms with Crippen LogP contribution >= 0.6 is 11.6 Å². The van der Waals surface area contributed by atoms with Gasteiger partial charge in [-0.05, 0) is 30.3 Å². The largest absolute Gasteiger partial charge is 0.496 e. The first-order valence-corrected chi connectivity index (χ1v) is 10.5. The second-order valence-electron chi connectivity index (χ2n) is 7.66. The average molecular weight is 549 g/mol. The van der Waals surface area contributed by atoms with Crippen molar-refractivity contribution in [1.29, 1.82) is 0 Å². The van der Waals surface area contributed by atoms with Gasteiger partial charge in [-0.1, -0.05) is 17.7 Å². The molecule has 2 atom stereocenters. The molecule has 0 aromatic heterocycles. The molecule has 37 heavy (non-hydrogen) atoms. The minimum Gasteiger partial charge on any atom is -0.496 e. The molecular formula is C22H17ClF4N2O8. The number of benzene rings is 2. The topological polar surface area (TPSA) is 142 Å². The van der Waals surface area contributed by atoms with Crippen molar-refractivity contribution < 1.29 is 56.4 Å². The number of fused-ring (bicyclic) bond motifs is 1. The van der Waals surface area contributed by atoms with Crippen LogP contribution in [0.2, 0.25) is 5.02 Å². The van der Waals surface area contributed by atoms with E-state index in [-0.39, 0.29) is 10.8 Å². The number of ether oxygens (including phenoxy) is 2. The van der Waals surface area contributed by atoms with Gasteiger partial charge in [0.25, 0.3) is 5.91 Å². The molecule has 0 saturated heterocycles. The maximum Gasteiger partial charge on any atom is 0.416 e. The molecule has 1 aliphatic heterocycles. The lowest BCUT2D eigenvalue weighted by atomic mass is 9.88. The lowest BCUT2D eigenvalue weighted by Crippen LogP contribution is -2.45. The van der Waals surface area contributed by atoms with Crippen LogP contribution in [0.5, 0.6) is 5.75 Å². The monoisotopic (exact) mass is 548 g/mol. The molecule has 198 valence electrons. The van der Waals surface area contributed by atoms with Crippen LogP contribution in [-0.4, -0.2) is 54.0 Å². The van der Waals surface area contributed by atoms with Gasteiger partial charge < -0.3 is 25.0 Å². The molecule has 2 amide bonds. The zero-order chi connectivity index (χ0) is 27.7. The number of halogens is 5. The standard InChI is InChI=1S/C22H17ClF4N2O8/c1-36-16-5-3-11(23)7-13(16)21(24)12-4-2-10(22(25,26)27)6-15(12)29(19(21)34)9-37-20(35)28-14(18(32)33)8-17(30)31/h2-7,14H,8-9H2,1H3,(H,28,35)(H,30,31)(H,32,33)/t14-,21-/m0/s1. The van der Waals surface area contributed by atoms with E-state index < -0.39 is 77.4 Å². The number of anilines is 1. The Hall–Kier alpha value is -4.07. The van der Waals surface area contributed by atoms with E-state index in [2.05, 4.69) is 0 Å². The molecule has 1 heterocycles. The van der Waals surface area contributed by atoms with Gasteiger partial charge in [-0.3, -0.25) is 14.5 Å². The van der Waals surface area contributed by atoms with Crippen LogP contribution in [0.15, 0.2) is 36.4 Å².